The molecular formula is C15H17NO2S. The van der Waals surface area contributed by atoms with Gasteiger partial charge in [0, 0.05) is 19.6 Å². The maximum absolute atomic E-state index is 5.90. The lowest BCUT2D eigenvalue weighted by molar-refractivity contribution is 0.0146. The fourth-order valence-electron chi connectivity index (χ4n) is 2.21. The van der Waals surface area contributed by atoms with Crippen molar-refractivity contribution >= 4 is 11.3 Å². The molecule has 1 aromatic carbocycles. The summed E-state index contributed by atoms with van der Waals surface area (Å²) in [5.74, 6) is 1.78. The highest BCUT2D eigenvalue weighted by Crippen LogP contribution is 2.22. The van der Waals surface area contributed by atoms with Gasteiger partial charge >= 0.3 is 0 Å². The SMILES string of the molecule is COc1ccc(OC2CN(Cc3ccsc3)C2)cc1. The van der Waals surface area contributed by atoms with Crippen LogP contribution >= 0.6 is 11.3 Å². The molecule has 0 bridgehead atoms. The van der Waals surface area contributed by atoms with Gasteiger partial charge in [-0.2, -0.15) is 11.3 Å². The molecule has 0 aliphatic carbocycles. The van der Waals surface area contributed by atoms with E-state index in [1.807, 2.05) is 24.3 Å². The molecule has 0 saturated carbocycles. The third kappa shape index (κ3) is 3.08. The van der Waals surface area contributed by atoms with Gasteiger partial charge < -0.3 is 9.47 Å². The second kappa shape index (κ2) is 5.63. The van der Waals surface area contributed by atoms with Gasteiger partial charge in [-0.25, -0.2) is 0 Å². The number of nitrogens with zero attached hydrogens (tertiary/aromatic N) is 1. The normalized spacial score (nSPS) is 16.1. The van der Waals surface area contributed by atoms with Crippen LogP contribution in [0, 0.1) is 0 Å². The quantitative estimate of drug-likeness (QED) is 0.837. The first kappa shape index (κ1) is 12.5. The summed E-state index contributed by atoms with van der Waals surface area (Å²) in [6, 6.07) is 9.96. The number of hydrogen-bond donors (Lipinski definition) is 0. The van der Waals surface area contributed by atoms with E-state index in [0.29, 0.717) is 6.10 Å². The molecule has 1 saturated heterocycles. The van der Waals surface area contributed by atoms with E-state index in [9.17, 15) is 0 Å². The Hall–Kier alpha value is -1.52. The monoisotopic (exact) mass is 275 g/mol. The number of likely N-dealkylation sites (tertiary alicyclic amines) is 1. The van der Waals surface area contributed by atoms with Crippen LogP contribution in [0.15, 0.2) is 41.1 Å². The van der Waals surface area contributed by atoms with Gasteiger partial charge in [-0.05, 0) is 46.7 Å². The minimum atomic E-state index is 0.312. The summed E-state index contributed by atoms with van der Waals surface area (Å²) in [5, 5.41) is 4.33. The zero-order valence-corrected chi connectivity index (χ0v) is 11.7. The van der Waals surface area contributed by atoms with Gasteiger partial charge in [0.2, 0.25) is 0 Å². The van der Waals surface area contributed by atoms with Crippen molar-refractivity contribution < 1.29 is 9.47 Å². The molecule has 19 heavy (non-hydrogen) atoms. The summed E-state index contributed by atoms with van der Waals surface area (Å²) < 4.78 is 11.0. The molecule has 0 amide bonds. The number of rotatable bonds is 5. The average molecular weight is 275 g/mol. The lowest BCUT2D eigenvalue weighted by atomic mass is 10.1. The molecule has 3 rings (SSSR count). The molecule has 0 N–H and O–H groups in total. The van der Waals surface area contributed by atoms with Crippen LogP contribution in [0.3, 0.4) is 0 Å². The van der Waals surface area contributed by atoms with Gasteiger partial charge in [-0.3, -0.25) is 4.90 Å². The van der Waals surface area contributed by atoms with Crippen LogP contribution in [0.5, 0.6) is 11.5 Å². The van der Waals surface area contributed by atoms with Crippen LogP contribution in [0.4, 0.5) is 0 Å². The summed E-state index contributed by atoms with van der Waals surface area (Å²) in [7, 11) is 1.67. The van der Waals surface area contributed by atoms with E-state index in [1.54, 1.807) is 18.4 Å². The van der Waals surface area contributed by atoms with Crippen molar-refractivity contribution in [1.29, 1.82) is 0 Å². The zero-order valence-electron chi connectivity index (χ0n) is 10.9. The third-order valence-electron chi connectivity index (χ3n) is 3.27. The van der Waals surface area contributed by atoms with E-state index in [1.165, 1.54) is 5.56 Å². The molecule has 0 atom stereocenters. The summed E-state index contributed by atoms with van der Waals surface area (Å²) in [4.78, 5) is 2.40. The highest BCUT2D eigenvalue weighted by molar-refractivity contribution is 7.07. The van der Waals surface area contributed by atoms with E-state index in [0.717, 1.165) is 31.1 Å². The first-order valence-corrected chi connectivity index (χ1v) is 7.32. The van der Waals surface area contributed by atoms with Crippen LogP contribution < -0.4 is 9.47 Å². The van der Waals surface area contributed by atoms with Gasteiger partial charge in [0.25, 0.3) is 0 Å². The van der Waals surface area contributed by atoms with Crippen LogP contribution in [0.25, 0.3) is 0 Å². The van der Waals surface area contributed by atoms with Crippen molar-refractivity contribution in [2.24, 2.45) is 0 Å². The summed E-state index contributed by atoms with van der Waals surface area (Å²) in [6.07, 6.45) is 0.312. The summed E-state index contributed by atoms with van der Waals surface area (Å²) in [6.45, 7) is 3.04. The number of methoxy groups -OCH3 is 1. The fraction of sp³-hybridized carbons (Fsp3) is 0.333. The van der Waals surface area contributed by atoms with E-state index in [2.05, 4.69) is 21.7 Å². The summed E-state index contributed by atoms with van der Waals surface area (Å²) in [5.41, 5.74) is 1.40. The van der Waals surface area contributed by atoms with Gasteiger partial charge in [0.15, 0.2) is 0 Å². The molecule has 1 aliphatic heterocycles. The number of thiophene rings is 1. The van der Waals surface area contributed by atoms with Crippen LogP contribution in [-0.2, 0) is 6.54 Å². The van der Waals surface area contributed by atoms with Crippen molar-refractivity contribution in [1.82, 2.24) is 4.90 Å². The first-order valence-electron chi connectivity index (χ1n) is 6.37. The second-order valence-corrected chi connectivity index (χ2v) is 5.52. The lowest BCUT2D eigenvalue weighted by Gasteiger charge is -2.38. The van der Waals surface area contributed by atoms with Crippen LogP contribution in [0.1, 0.15) is 5.56 Å². The van der Waals surface area contributed by atoms with Crippen LogP contribution in [-0.4, -0.2) is 31.2 Å². The van der Waals surface area contributed by atoms with Crippen molar-refractivity contribution in [3.8, 4) is 11.5 Å². The van der Waals surface area contributed by atoms with E-state index in [4.69, 9.17) is 9.47 Å². The third-order valence-corrected chi connectivity index (χ3v) is 4.00. The molecule has 4 heteroatoms. The molecule has 2 aromatic rings. The molecule has 0 spiro atoms. The Morgan fingerprint density at radius 2 is 1.89 bits per heavy atom. The van der Waals surface area contributed by atoms with Crippen molar-refractivity contribution in [2.75, 3.05) is 20.2 Å². The minimum absolute atomic E-state index is 0.312. The van der Waals surface area contributed by atoms with Crippen molar-refractivity contribution in [3.63, 3.8) is 0 Å². The summed E-state index contributed by atoms with van der Waals surface area (Å²) >= 11 is 1.75. The molecule has 0 unspecified atom stereocenters. The molecular weight excluding hydrogens is 258 g/mol. The Kier molecular flexibility index (Phi) is 3.71. The molecule has 1 fully saturated rings. The van der Waals surface area contributed by atoms with E-state index >= 15 is 0 Å². The minimum Gasteiger partial charge on any atom is -0.497 e. The van der Waals surface area contributed by atoms with Gasteiger partial charge in [-0.1, -0.05) is 0 Å². The maximum atomic E-state index is 5.90. The van der Waals surface area contributed by atoms with Gasteiger partial charge in [0.1, 0.15) is 17.6 Å². The number of benzene rings is 1. The Morgan fingerprint density at radius 3 is 2.53 bits per heavy atom. The Labute approximate surface area is 117 Å². The van der Waals surface area contributed by atoms with Crippen LogP contribution in [0.2, 0.25) is 0 Å². The molecule has 0 radical (unpaired) electrons. The lowest BCUT2D eigenvalue weighted by Crippen LogP contribution is -2.52. The van der Waals surface area contributed by atoms with Gasteiger partial charge in [-0.15, -0.1) is 0 Å². The molecule has 3 nitrogen and oxygen atoms in total. The largest absolute Gasteiger partial charge is 0.497 e. The first-order chi connectivity index (χ1) is 9.33. The number of ether oxygens (including phenoxy) is 2. The maximum Gasteiger partial charge on any atom is 0.124 e. The van der Waals surface area contributed by atoms with Crippen molar-refractivity contribution in [3.05, 3.63) is 46.7 Å². The predicted molar refractivity (Wildman–Crippen MR) is 77.0 cm³/mol. The standard InChI is InChI=1S/C15H17NO2S/c1-17-13-2-4-14(5-3-13)18-15-9-16(10-15)8-12-6-7-19-11-12/h2-7,11,15H,8-10H2,1H3. The second-order valence-electron chi connectivity index (χ2n) is 4.74. The number of hydrogen-bond acceptors (Lipinski definition) is 4. The topological polar surface area (TPSA) is 21.7 Å². The van der Waals surface area contributed by atoms with E-state index in [-0.39, 0.29) is 0 Å². The molecule has 100 valence electrons. The smallest absolute Gasteiger partial charge is 0.124 e. The van der Waals surface area contributed by atoms with Crippen molar-refractivity contribution in [2.45, 2.75) is 12.6 Å². The zero-order chi connectivity index (χ0) is 13.1. The fourth-order valence-corrected chi connectivity index (χ4v) is 2.87. The van der Waals surface area contributed by atoms with Gasteiger partial charge in [0.05, 0.1) is 7.11 Å². The molecule has 1 aliphatic rings. The Balaban J connectivity index is 1.45. The highest BCUT2D eigenvalue weighted by Gasteiger charge is 2.28. The highest BCUT2D eigenvalue weighted by atomic mass is 32.1. The average Bonchev–Trinajstić information content (AvgIpc) is 2.90. The Morgan fingerprint density at radius 1 is 1.16 bits per heavy atom. The molecule has 2 heterocycles. The molecule has 1 aromatic heterocycles. The van der Waals surface area contributed by atoms with E-state index < -0.39 is 0 Å². The Bertz CT molecular complexity index is 503. The predicted octanol–water partition coefficient (Wildman–Crippen LogP) is 3.02.